The molecule has 12 rings (SSSR count). The maximum Gasteiger partial charge on any atom is 0.0562 e. The van der Waals surface area contributed by atoms with Crippen molar-refractivity contribution in [2.75, 3.05) is 4.90 Å². The van der Waals surface area contributed by atoms with Crippen molar-refractivity contribution in [3.8, 4) is 39.1 Å². The SMILES string of the molecule is Cc1cc(N(c2ccc3c4ccccc4n(-c4ccc(-c5cccc6ccccc56)cc4-c4ccccc4C)c3c2)c2cc3ccccc3c3ccccc23)ccc1-c1ccccc1. The van der Waals surface area contributed by atoms with E-state index in [0.29, 0.717) is 0 Å². The van der Waals surface area contributed by atoms with Gasteiger partial charge in [0, 0.05) is 33.1 Å². The molecular weight excluding hydrogens is 773 g/mol. The molecule has 0 radical (unpaired) electrons. The van der Waals surface area contributed by atoms with Gasteiger partial charge in [0.1, 0.15) is 0 Å². The number of hydrogen-bond acceptors (Lipinski definition) is 1. The van der Waals surface area contributed by atoms with E-state index >= 15 is 0 Å². The summed E-state index contributed by atoms with van der Waals surface area (Å²) in [5, 5.41) is 9.84. The number of rotatable bonds is 7. The maximum atomic E-state index is 2.50. The standard InChI is InChI=1S/C62H44N2/c1-41-17-6-9-23-50(41)58-38-46(52-29-16-22-44-20-7-10-24-51(44)52)31-36-60(58)64-59-30-15-14-28-56(59)57-35-33-48(40-62(57)64)63(47-32-34-49(42(2)37-47)43-18-4-3-5-19-43)61-39-45-21-8-11-25-53(45)54-26-12-13-27-55(54)61/h3-40H,1-2H3. The van der Waals surface area contributed by atoms with Crippen molar-refractivity contribution in [2.24, 2.45) is 0 Å². The molecule has 302 valence electrons. The summed E-state index contributed by atoms with van der Waals surface area (Å²) in [6.07, 6.45) is 0. The van der Waals surface area contributed by atoms with Gasteiger partial charge in [-0.1, -0.05) is 182 Å². The number of fused-ring (bicyclic) bond motifs is 7. The van der Waals surface area contributed by atoms with E-state index in [2.05, 4.69) is 254 Å². The number of aromatic nitrogens is 1. The minimum Gasteiger partial charge on any atom is -0.310 e. The van der Waals surface area contributed by atoms with Gasteiger partial charge in [0.15, 0.2) is 0 Å². The summed E-state index contributed by atoms with van der Waals surface area (Å²) in [6.45, 7) is 4.46. The van der Waals surface area contributed by atoms with Crippen LogP contribution in [-0.4, -0.2) is 4.57 Å². The molecular formula is C62H44N2. The molecule has 0 spiro atoms. The molecule has 0 fully saturated rings. The minimum absolute atomic E-state index is 1.09. The number of hydrogen-bond donors (Lipinski definition) is 0. The van der Waals surface area contributed by atoms with Crippen molar-refractivity contribution in [3.05, 3.63) is 242 Å². The molecule has 2 nitrogen and oxygen atoms in total. The third kappa shape index (κ3) is 6.18. The fourth-order valence-electron chi connectivity index (χ4n) is 10.2. The average molecular weight is 817 g/mol. The Bertz CT molecular complexity index is 3760. The van der Waals surface area contributed by atoms with Gasteiger partial charge in [-0.25, -0.2) is 0 Å². The van der Waals surface area contributed by atoms with Gasteiger partial charge in [0.05, 0.1) is 22.4 Å². The van der Waals surface area contributed by atoms with Crippen molar-refractivity contribution in [1.82, 2.24) is 4.57 Å². The van der Waals surface area contributed by atoms with Crippen LogP contribution >= 0.6 is 0 Å². The Kier molecular flexibility index (Phi) is 8.98. The normalized spacial score (nSPS) is 11.6. The minimum atomic E-state index is 1.09. The van der Waals surface area contributed by atoms with E-state index in [1.165, 1.54) is 93.1 Å². The van der Waals surface area contributed by atoms with Crippen LogP contribution in [0.1, 0.15) is 11.1 Å². The third-order valence-electron chi connectivity index (χ3n) is 13.2. The smallest absolute Gasteiger partial charge is 0.0562 e. The van der Waals surface area contributed by atoms with Gasteiger partial charge < -0.3 is 9.47 Å². The Morgan fingerprint density at radius 2 is 0.938 bits per heavy atom. The number of aryl methyl sites for hydroxylation is 2. The highest BCUT2D eigenvalue weighted by atomic mass is 15.1. The van der Waals surface area contributed by atoms with Crippen molar-refractivity contribution in [1.29, 1.82) is 0 Å². The molecule has 0 saturated heterocycles. The molecule has 1 heterocycles. The monoisotopic (exact) mass is 816 g/mol. The number of nitrogens with zero attached hydrogens (tertiary/aromatic N) is 2. The summed E-state index contributed by atoms with van der Waals surface area (Å²) in [6, 6.07) is 84.8. The first-order valence-corrected chi connectivity index (χ1v) is 22.2. The summed E-state index contributed by atoms with van der Waals surface area (Å²) in [5.74, 6) is 0. The van der Waals surface area contributed by atoms with Crippen LogP contribution in [0.25, 0.3) is 93.2 Å². The van der Waals surface area contributed by atoms with E-state index in [1.54, 1.807) is 0 Å². The summed E-state index contributed by atoms with van der Waals surface area (Å²) < 4.78 is 2.50. The van der Waals surface area contributed by atoms with Gasteiger partial charge in [-0.2, -0.15) is 0 Å². The van der Waals surface area contributed by atoms with E-state index in [4.69, 9.17) is 0 Å². The Balaban J connectivity index is 1.13. The molecule has 0 atom stereocenters. The van der Waals surface area contributed by atoms with Gasteiger partial charge in [-0.15, -0.1) is 0 Å². The molecule has 0 N–H and O–H groups in total. The second-order valence-electron chi connectivity index (χ2n) is 17.0. The van der Waals surface area contributed by atoms with E-state index in [9.17, 15) is 0 Å². The summed E-state index contributed by atoms with van der Waals surface area (Å²) in [4.78, 5) is 2.48. The van der Waals surface area contributed by atoms with Crippen molar-refractivity contribution in [2.45, 2.75) is 13.8 Å². The lowest BCUT2D eigenvalue weighted by Crippen LogP contribution is -2.11. The second-order valence-corrected chi connectivity index (χ2v) is 17.0. The quantitative estimate of drug-likeness (QED) is 0.146. The third-order valence-corrected chi connectivity index (χ3v) is 13.2. The van der Waals surface area contributed by atoms with Crippen LogP contribution in [-0.2, 0) is 0 Å². The van der Waals surface area contributed by atoms with Crippen LogP contribution in [0.15, 0.2) is 231 Å². The lowest BCUT2D eigenvalue weighted by Gasteiger charge is -2.28. The fraction of sp³-hybridized carbons (Fsp3) is 0.0323. The molecule has 1 aromatic heterocycles. The molecule has 0 amide bonds. The van der Waals surface area contributed by atoms with Crippen LogP contribution in [0.5, 0.6) is 0 Å². The van der Waals surface area contributed by atoms with Crippen LogP contribution < -0.4 is 4.90 Å². The molecule has 0 aliphatic carbocycles. The number of para-hydroxylation sites is 1. The molecule has 12 aromatic rings. The van der Waals surface area contributed by atoms with Gasteiger partial charge in [0.2, 0.25) is 0 Å². The zero-order chi connectivity index (χ0) is 42.7. The molecule has 0 aliphatic heterocycles. The van der Waals surface area contributed by atoms with Crippen LogP contribution in [0, 0.1) is 13.8 Å². The van der Waals surface area contributed by atoms with E-state index in [-0.39, 0.29) is 0 Å². The first-order valence-electron chi connectivity index (χ1n) is 22.2. The van der Waals surface area contributed by atoms with E-state index in [0.717, 1.165) is 28.3 Å². The Morgan fingerprint density at radius 3 is 1.77 bits per heavy atom. The largest absolute Gasteiger partial charge is 0.310 e. The first-order chi connectivity index (χ1) is 31.6. The highest BCUT2D eigenvalue weighted by molar-refractivity contribution is 6.16. The second kappa shape index (κ2) is 15.3. The highest BCUT2D eigenvalue weighted by Crippen LogP contribution is 2.46. The molecule has 0 unspecified atom stereocenters. The van der Waals surface area contributed by atoms with Crippen molar-refractivity contribution in [3.63, 3.8) is 0 Å². The molecule has 0 saturated carbocycles. The lowest BCUT2D eigenvalue weighted by molar-refractivity contribution is 1.18. The van der Waals surface area contributed by atoms with Crippen LogP contribution in [0.4, 0.5) is 17.1 Å². The molecule has 0 bridgehead atoms. The summed E-state index contributed by atoms with van der Waals surface area (Å²) in [7, 11) is 0. The summed E-state index contributed by atoms with van der Waals surface area (Å²) in [5.41, 5.74) is 16.6. The highest BCUT2D eigenvalue weighted by Gasteiger charge is 2.23. The molecule has 64 heavy (non-hydrogen) atoms. The zero-order valence-corrected chi connectivity index (χ0v) is 35.8. The Labute approximate surface area is 373 Å². The van der Waals surface area contributed by atoms with Gasteiger partial charge >= 0.3 is 0 Å². The van der Waals surface area contributed by atoms with Crippen LogP contribution in [0.2, 0.25) is 0 Å². The van der Waals surface area contributed by atoms with E-state index < -0.39 is 0 Å². The number of benzene rings is 11. The predicted molar refractivity (Wildman–Crippen MR) is 274 cm³/mol. The van der Waals surface area contributed by atoms with E-state index in [1.807, 2.05) is 0 Å². The predicted octanol–water partition coefficient (Wildman–Crippen LogP) is 17.3. The number of anilines is 3. The van der Waals surface area contributed by atoms with Gasteiger partial charge in [0.25, 0.3) is 0 Å². The average Bonchev–Trinajstić information content (AvgIpc) is 3.67. The topological polar surface area (TPSA) is 8.17 Å². The molecule has 11 aromatic carbocycles. The maximum absolute atomic E-state index is 2.50. The van der Waals surface area contributed by atoms with Crippen molar-refractivity contribution < 1.29 is 0 Å². The Morgan fingerprint density at radius 1 is 0.312 bits per heavy atom. The lowest BCUT2D eigenvalue weighted by atomic mass is 9.92. The fourth-order valence-corrected chi connectivity index (χ4v) is 10.2. The first kappa shape index (κ1) is 37.6. The zero-order valence-electron chi connectivity index (χ0n) is 35.8. The summed E-state index contributed by atoms with van der Waals surface area (Å²) >= 11 is 0. The van der Waals surface area contributed by atoms with Gasteiger partial charge in [-0.3, -0.25) is 0 Å². The molecule has 0 aliphatic rings. The Hall–Kier alpha value is -8.20. The van der Waals surface area contributed by atoms with Gasteiger partial charge in [-0.05, 0) is 128 Å². The molecule has 2 heteroatoms. The van der Waals surface area contributed by atoms with Crippen LogP contribution in [0.3, 0.4) is 0 Å². The van der Waals surface area contributed by atoms with Crippen molar-refractivity contribution >= 4 is 71.2 Å².